The van der Waals surface area contributed by atoms with Crippen LogP contribution in [0, 0.1) is 13.8 Å². The lowest BCUT2D eigenvalue weighted by Crippen LogP contribution is -2.42. The lowest BCUT2D eigenvalue weighted by Gasteiger charge is -2.17. The van der Waals surface area contributed by atoms with Crippen molar-refractivity contribution < 1.29 is 9.59 Å². The zero-order chi connectivity index (χ0) is 24.9. The molecule has 0 saturated heterocycles. The molecule has 0 saturated carbocycles. The topological polar surface area (TPSA) is 81.1 Å². The molecule has 3 aromatic carbocycles. The van der Waals surface area contributed by atoms with Gasteiger partial charge in [-0.2, -0.15) is 0 Å². The first-order valence-electron chi connectivity index (χ1n) is 11.4. The van der Waals surface area contributed by atoms with Gasteiger partial charge in [0.15, 0.2) is 10.9 Å². The Morgan fingerprint density at radius 3 is 2.31 bits per heavy atom. The molecule has 35 heavy (non-hydrogen) atoms. The summed E-state index contributed by atoms with van der Waals surface area (Å²) in [6, 6.07) is 22.1. The summed E-state index contributed by atoms with van der Waals surface area (Å²) < 4.78 is 1.56. The Morgan fingerprint density at radius 2 is 1.63 bits per heavy atom. The van der Waals surface area contributed by atoms with E-state index in [-0.39, 0.29) is 23.0 Å². The Kier molecular flexibility index (Phi) is 7.46. The number of thioether (sulfide) groups is 1. The van der Waals surface area contributed by atoms with E-state index < -0.39 is 6.04 Å². The normalized spacial score (nSPS) is 11.9. The van der Waals surface area contributed by atoms with Crippen molar-refractivity contribution in [2.75, 3.05) is 5.75 Å². The second kappa shape index (κ2) is 10.7. The minimum absolute atomic E-state index is 0.0220. The standard InChI is InChI=1S/C28H27N3O3S/c1-18-13-19(2)15-22(14-18)31-27(34)23-11-7-8-12-24(23)30-28(31)35-17-26(33)29-25(20(3)32)16-21-9-5-4-6-10-21/h4-15,25H,16-17H2,1-3H3,(H,29,33). The van der Waals surface area contributed by atoms with Crippen LogP contribution in [0.15, 0.2) is 82.7 Å². The van der Waals surface area contributed by atoms with Crippen molar-refractivity contribution in [1.29, 1.82) is 0 Å². The first-order valence-corrected chi connectivity index (χ1v) is 12.4. The van der Waals surface area contributed by atoms with Gasteiger partial charge in [0.2, 0.25) is 5.91 Å². The van der Waals surface area contributed by atoms with Gasteiger partial charge in [-0.05, 0) is 68.1 Å². The van der Waals surface area contributed by atoms with E-state index in [1.165, 1.54) is 18.7 Å². The first kappa shape index (κ1) is 24.4. The lowest BCUT2D eigenvalue weighted by atomic mass is 10.0. The number of para-hydroxylation sites is 1. The van der Waals surface area contributed by atoms with Crippen LogP contribution in [0.1, 0.15) is 23.6 Å². The third kappa shape index (κ3) is 5.87. The molecule has 0 fully saturated rings. The number of ketones is 1. The van der Waals surface area contributed by atoms with E-state index in [1.807, 2.05) is 74.5 Å². The smallest absolute Gasteiger partial charge is 0.266 e. The van der Waals surface area contributed by atoms with Crippen molar-refractivity contribution in [2.45, 2.75) is 38.4 Å². The number of nitrogens with one attached hydrogen (secondary N) is 1. The van der Waals surface area contributed by atoms with E-state index in [0.29, 0.717) is 28.2 Å². The summed E-state index contributed by atoms with van der Waals surface area (Å²) in [7, 11) is 0. The van der Waals surface area contributed by atoms with E-state index in [2.05, 4.69) is 5.32 Å². The first-order chi connectivity index (χ1) is 16.8. The monoisotopic (exact) mass is 485 g/mol. The molecule has 6 nitrogen and oxygen atoms in total. The molecule has 1 amide bonds. The van der Waals surface area contributed by atoms with Crippen LogP contribution in [0.4, 0.5) is 0 Å². The summed E-state index contributed by atoms with van der Waals surface area (Å²) in [5.41, 5.74) is 4.12. The van der Waals surface area contributed by atoms with Gasteiger partial charge in [0, 0.05) is 0 Å². The molecule has 0 spiro atoms. The molecule has 0 aliphatic heterocycles. The Bertz CT molecular complexity index is 1430. The van der Waals surface area contributed by atoms with Crippen molar-refractivity contribution in [1.82, 2.24) is 14.9 Å². The molecule has 1 atom stereocenters. The Labute approximate surface area is 208 Å². The number of hydrogen-bond acceptors (Lipinski definition) is 5. The summed E-state index contributed by atoms with van der Waals surface area (Å²) >= 11 is 1.18. The number of nitrogens with zero attached hydrogens (tertiary/aromatic N) is 2. The fourth-order valence-electron chi connectivity index (χ4n) is 4.03. The number of hydrogen-bond donors (Lipinski definition) is 1. The van der Waals surface area contributed by atoms with Crippen LogP contribution in [0.2, 0.25) is 0 Å². The average Bonchev–Trinajstić information content (AvgIpc) is 2.82. The van der Waals surface area contributed by atoms with Gasteiger partial charge in [0.25, 0.3) is 5.56 Å². The molecule has 1 aromatic heterocycles. The number of aromatic nitrogens is 2. The molecule has 1 unspecified atom stereocenters. The van der Waals surface area contributed by atoms with Crippen LogP contribution < -0.4 is 10.9 Å². The van der Waals surface area contributed by atoms with Crippen molar-refractivity contribution in [3.63, 3.8) is 0 Å². The SMILES string of the molecule is CC(=O)C(Cc1ccccc1)NC(=O)CSc1nc2ccccc2c(=O)n1-c1cc(C)cc(C)c1. The van der Waals surface area contributed by atoms with Gasteiger partial charge in [0.1, 0.15) is 0 Å². The van der Waals surface area contributed by atoms with Gasteiger partial charge in [-0.15, -0.1) is 0 Å². The van der Waals surface area contributed by atoms with Crippen LogP contribution in [-0.4, -0.2) is 33.0 Å². The van der Waals surface area contributed by atoms with Gasteiger partial charge in [-0.25, -0.2) is 4.98 Å². The van der Waals surface area contributed by atoms with Crippen LogP contribution in [0.5, 0.6) is 0 Å². The summed E-state index contributed by atoms with van der Waals surface area (Å²) in [4.78, 5) is 43.2. The molecular formula is C28H27N3O3S. The van der Waals surface area contributed by atoms with Crippen LogP contribution in [0.3, 0.4) is 0 Å². The summed E-state index contributed by atoms with van der Waals surface area (Å²) in [5, 5.41) is 3.78. The molecule has 4 rings (SSSR count). The van der Waals surface area contributed by atoms with Crippen molar-refractivity contribution >= 4 is 34.4 Å². The maximum absolute atomic E-state index is 13.5. The van der Waals surface area contributed by atoms with E-state index in [4.69, 9.17) is 4.98 Å². The molecule has 178 valence electrons. The second-order valence-corrected chi connectivity index (χ2v) is 9.55. The van der Waals surface area contributed by atoms with Gasteiger partial charge < -0.3 is 5.32 Å². The fourth-order valence-corrected chi connectivity index (χ4v) is 4.85. The predicted octanol–water partition coefficient (Wildman–Crippen LogP) is 4.41. The van der Waals surface area contributed by atoms with E-state index in [9.17, 15) is 14.4 Å². The zero-order valence-corrected chi connectivity index (χ0v) is 20.8. The lowest BCUT2D eigenvalue weighted by molar-refractivity contribution is -0.125. The number of carbonyl (C=O) groups excluding carboxylic acids is 2. The molecule has 1 N–H and O–H groups in total. The molecular weight excluding hydrogens is 458 g/mol. The summed E-state index contributed by atoms with van der Waals surface area (Å²) in [5.74, 6) is -0.377. The number of aryl methyl sites for hydroxylation is 2. The number of Topliss-reactive ketones (excluding diaryl/α,β-unsaturated/α-hetero) is 1. The largest absolute Gasteiger partial charge is 0.345 e. The molecule has 0 aliphatic rings. The highest BCUT2D eigenvalue weighted by atomic mass is 32.2. The minimum atomic E-state index is -0.614. The van der Waals surface area contributed by atoms with E-state index in [0.717, 1.165) is 16.7 Å². The zero-order valence-electron chi connectivity index (χ0n) is 19.9. The van der Waals surface area contributed by atoms with Crippen molar-refractivity contribution in [3.05, 3.63) is 99.8 Å². The van der Waals surface area contributed by atoms with E-state index in [1.54, 1.807) is 16.7 Å². The van der Waals surface area contributed by atoms with Gasteiger partial charge in [-0.3, -0.25) is 19.0 Å². The number of benzene rings is 3. The second-order valence-electron chi connectivity index (χ2n) is 8.61. The molecule has 7 heteroatoms. The quantitative estimate of drug-likeness (QED) is 0.295. The van der Waals surface area contributed by atoms with Gasteiger partial charge in [0.05, 0.1) is 28.4 Å². The van der Waals surface area contributed by atoms with Crippen molar-refractivity contribution in [3.8, 4) is 5.69 Å². The van der Waals surface area contributed by atoms with Gasteiger partial charge >= 0.3 is 0 Å². The molecule has 0 bridgehead atoms. The van der Waals surface area contributed by atoms with Crippen molar-refractivity contribution in [2.24, 2.45) is 0 Å². The predicted molar refractivity (Wildman–Crippen MR) is 140 cm³/mol. The third-order valence-corrected chi connectivity index (χ3v) is 6.59. The highest BCUT2D eigenvalue weighted by Gasteiger charge is 2.20. The number of rotatable bonds is 8. The Morgan fingerprint density at radius 1 is 0.971 bits per heavy atom. The fraction of sp³-hybridized carbons (Fsp3) is 0.214. The average molecular weight is 486 g/mol. The van der Waals surface area contributed by atoms with Crippen LogP contribution in [0.25, 0.3) is 16.6 Å². The maximum Gasteiger partial charge on any atom is 0.266 e. The molecule has 1 heterocycles. The maximum atomic E-state index is 13.5. The molecule has 0 radical (unpaired) electrons. The number of fused-ring (bicyclic) bond motifs is 1. The van der Waals surface area contributed by atoms with Gasteiger partial charge in [-0.1, -0.05) is 60.3 Å². The minimum Gasteiger partial charge on any atom is -0.345 e. The number of amides is 1. The van der Waals surface area contributed by atoms with Crippen LogP contribution in [-0.2, 0) is 16.0 Å². The molecule has 4 aromatic rings. The van der Waals surface area contributed by atoms with Crippen LogP contribution >= 0.6 is 11.8 Å². The highest BCUT2D eigenvalue weighted by Crippen LogP contribution is 2.23. The Balaban J connectivity index is 1.61. The Hall–Kier alpha value is -3.71. The van der Waals surface area contributed by atoms with E-state index >= 15 is 0 Å². The summed E-state index contributed by atoms with van der Waals surface area (Å²) in [6.07, 6.45) is 0.425. The third-order valence-electron chi connectivity index (χ3n) is 5.65. The summed E-state index contributed by atoms with van der Waals surface area (Å²) in [6.45, 7) is 5.43. The molecule has 0 aliphatic carbocycles. The number of carbonyl (C=O) groups is 2. The highest BCUT2D eigenvalue weighted by molar-refractivity contribution is 7.99.